The van der Waals surface area contributed by atoms with Crippen LogP contribution in [0.1, 0.15) is 41.6 Å². The number of aromatic nitrogens is 2. The zero-order valence-electron chi connectivity index (χ0n) is 19.9. The van der Waals surface area contributed by atoms with E-state index in [9.17, 15) is 9.59 Å². The van der Waals surface area contributed by atoms with Gasteiger partial charge < -0.3 is 19.4 Å². The number of methoxy groups -OCH3 is 2. The van der Waals surface area contributed by atoms with Crippen molar-refractivity contribution in [1.82, 2.24) is 14.9 Å². The Morgan fingerprint density at radius 2 is 1.83 bits per heavy atom. The van der Waals surface area contributed by atoms with Gasteiger partial charge in [-0.25, -0.2) is 4.98 Å². The first kappa shape index (κ1) is 22.7. The van der Waals surface area contributed by atoms with Crippen LogP contribution in [0.3, 0.4) is 0 Å². The highest BCUT2D eigenvalue weighted by Gasteiger charge is 2.30. The number of carbonyl (C=O) groups is 2. The Labute approximate surface area is 204 Å². The number of nitrogens with one attached hydrogen (secondary N) is 1. The molecule has 0 radical (unpaired) electrons. The number of piperidine rings is 1. The van der Waals surface area contributed by atoms with Gasteiger partial charge >= 0.3 is 0 Å². The van der Waals surface area contributed by atoms with Crippen molar-refractivity contribution in [1.29, 1.82) is 0 Å². The number of allylic oxidation sites excluding steroid dienone is 1. The second kappa shape index (κ2) is 9.67. The standard InChI is InChI=1S/C28H27N3O4/c1-34-23-17-30-27(35-2)25-24(23)22(16-29-25)26(32)28(33)31-14-12-20(13-15-31)21(11-10-18-8-9-18)19-6-4-3-5-7-19/h3-7,16-18,29H,8-9,12-15H2,1-2H3. The maximum absolute atomic E-state index is 13.2. The number of pyridine rings is 1. The minimum atomic E-state index is -0.577. The van der Waals surface area contributed by atoms with Crippen molar-refractivity contribution in [2.75, 3.05) is 27.3 Å². The lowest BCUT2D eigenvalue weighted by molar-refractivity contribution is -0.126. The molecule has 1 amide bonds. The minimum absolute atomic E-state index is 0.254. The Morgan fingerprint density at radius 1 is 1.09 bits per heavy atom. The van der Waals surface area contributed by atoms with E-state index in [0.717, 1.165) is 11.1 Å². The highest BCUT2D eigenvalue weighted by Crippen LogP contribution is 2.34. The summed E-state index contributed by atoms with van der Waals surface area (Å²) in [6, 6.07) is 10.2. The van der Waals surface area contributed by atoms with E-state index in [4.69, 9.17) is 9.47 Å². The fourth-order valence-electron chi connectivity index (χ4n) is 4.44. The van der Waals surface area contributed by atoms with Crippen molar-refractivity contribution >= 4 is 28.2 Å². The molecule has 1 aliphatic carbocycles. The van der Waals surface area contributed by atoms with Gasteiger partial charge in [0.25, 0.3) is 11.7 Å². The Kier molecular flexibility index (Phi) is 6.28. The molecular formula is C28H27N3O4. The molecule has 0 bridgehead atoms. The number of ketones is 1. The first-order chi connectivity index (χ1) is 17.1. The molecule has 5 rings (SSSR count). The van der Waals surface area contributed by atoms with Crippen LogP contribution >= 0.6 is 0 Å². The van der Waals surface area contributed by atoms with E-state index in [1.165, 1.54) is 45.0 Å². The number of aromatic amines is 1. The van der Waals surface area contributed by atoms with Gasteiger partial charge in [-0.3, -0.25) is 9.59 Å². The fourth-order valence-corrected chi connectivity index (χ4v) is 4.44. The minimum Gasteiger partial charge on any atom is -0.494 e. The number of benzene rings is 1. The lowest BCUT2D eigenvalue weighted by Gasteiger charge is -2.29. The Balaban J connectivity index is 1.37. The van der Waals surface area contributed by atoms with Gasteiger partial charge in [0, 0.05) is 30.8 Å². The molecule has 1 aliphatic heterocycles. The van der Waals surface area contributed by atoms with Gasteiger partial charge in [-0.2, -0.15) is 0 Å². The average Bonchev–Trinajstić information content (AvgIpc) is 3.63. The molecule has 7 nitrogen and oxygen atoms in total. The summed E-state index contributed by atoms with van der Waals surface area (Å²) in [6.45, 7) is 0.956. The molecule has 1 saturated carbocycles. The lowest BCUT2D eigenvalue weighted by atomic mass is 9.93. The fraction of sp³-hybridized carbons (Fsp3) is 0.321. The summed E-state index contributed by atoms with van der Waals surface area (Å²) in [5.41, 5.74) is 4.19. The predicted octanol–water partition coefficient (Wildman–Crippen LogP) is 4.25. The molecule has 35 heavy (non-hydrogen) atoms. The highest BCUT2D eigenvalue weighted by molar-refractivity contribution is 6.45. The molecule has 0 unspecified atom stereocenters. The van der Waals surface area contributed by atoms with Gasteiger partial charge in [0.15, 0.2) is 0 Å². The third-order valence-corrected chi connectivity index (χ3v) is 6.54. The number of carbonyl (C=O) groups excluding carboxylic acids is 2. The van der Waals surface area contributed by atoms with Crippen molar-refractivity contribution in [2.45, 2.75) is 25.7 Å². The van der Waals surface area contributed by atoms with Crippen LogP contribution < -0.4 is 9.47 Å². The second-order valence-corrected chi connectivity index (χ2v) is 8.80. The number of rotatable bonds is 5. The van der Waals surface area contributed by atoms with Crippen molar-refractivity contribution < 1.29 is 19.1 Å². The molecule has 2 aliphatic rings. The van der Waals surface area contributed by atoms with Crippen LogP contribution in [0.5, 0.6) is 11.6 Å². The molecule has 178 valence electrons. The SMILES string of the molecule is COc1ncc(OC)c2c(C(=O)C(=O)N3CCC(=C(C#CC4CC4)c4ccccc4)CC3)c[nH]c12. The zero-order chi connectivity index (χ0) is 24.4. The van der Waals surface area contributed by atoms with Crippen LogP contribution in [0.25, 0.3) is 16.5 Å². The van der Waals surface area contributed by atoms with Crippen LogP contribution in [-0.2, 0) is 4.79 Å². The lowest BCUT2D eigenvalue weighted by Crippen LogP contribution is -2.40. The Morgan fingerprint density at radius 3 is 2.49 bits per heavy atom. The molecule has 3 heterocycles. The summed E-state index contributed by atoms with van der Waals surface area (Å²) in [7, 11) is 3.00. The van der Waals surface area contributed by atoms with Crippen molar-refractivity contribution in [3.05, 3.63) is 59.4 Å². The number of nitrogens with zero attached hydrogens (tertiary/aromatic N) is 2. The predicted molar refractivity (Wildman–Crippen MR) is 133 cm³/mol. The number of fused-ring (bicyclic) bond motifs is 1. The van der Waals surface area contributed by atoms with Crippen molar-refractivity contribution in [2.24, 2.45) is 5.92 Å². The van der Waals surface area contributed by atoms with Gasteiger partial charge in [0.1, 0.15) is 11.3 Å². The molecular weight excluding hydrogens is 442 g/mol. The van der Waals surface area contributed by atoms with E-state index < -0.39 is 11.7 Å². The van der Waals surface area contributed by atoms with Crippen LogP contribution in [0.2, 0.25) is 0 Å². The second-order valence-electron chi connectivity index (χ2n) is 8.80. The molecule has 2 fully saturated rings. The van der Waals surface area contributed by atoms with E-state index in [1.54, 1.807) is 4.90 Å². The van der Waals surface area contributed by atoms with E-state index in [-0.39, 0.29) is 5.56 Å². The van der Waals surface area contributed by atoms with Crippen molar-refractivity contribution in [3.63, 3.8) is 0 Å². The summed E-state index contributed by atoms with van der Waals surface area (Å²) in [5, 5.41) is 0.497. The van der Waals surface area contributed by atoms with E-state index in [1.807, 2.05) is 18.2 Å². The summed E-state index contributed by atoms with van der Waals surface area (Å²) in [6.07, 6.45) is 6.75. The molecule has 0 atom stereocenters. The van der Waals surface area contributed by atoms with E-state index in [2.05, 4.69) is 33.9 Å². The van der Waals surface area contributed by atoms with Gasteiger partial charge in [0.2, 0.25) is 5.88 Å². The molecule has 1 aromatic carbocycles. The third-order valence-electron chi connectivity index (χ3n) is 6.54. The number of likely N-dealkylation sites (tertiary alicyclic amines) is 1. The monoisotopic (exact) mass is 469 g/mol. The molecule has 2 aromatic heterocycles. The quantitative estimate of drug-likeness (QED) is 0.343. The number of amides is 1. The highest BCUT2D eigenvalue weighted by atomic mass is 16.5. The maximum atomic E-state index is 13.2. The van der Waals surface area contributed by atoms with Crippen LogP contribution in [0.15, 0.2) is 48.3 Å². The largest absolute Gasteiger partial charge is 0.494 e. The smallest absolute Gasteiger partial charge is 0.295 e. The summed E-state index contributed by atoms with van der Waals surface area (Å²) >= 11 is 0. The normalized spacial score (nSPS) is 15.4. The number of ether oxygens (including phenoxy) is 2. The van der Waals surface area contributed by atoms with Crippen LogP contribution in [-0.4, -0.2) is 53.9 Å². The summed E-state index contributed by atoms with van der Waals surface area (Å²) in [4.78, 5) is 35.3. The molecule has 0 spiro atoms. The van der Waals surface area contributed by atoms with Gasteiger partial charge in [-0.15, -0.1) is 0 Å². The number of hydrogen-bond acceptors (Lipinski definition) is 5. The molecule has 7 heteroatoms. The van der Waals surface area contributed by atoms with E-state index in [0.29, 0.717) is 54.4 Å². The van der Waals surface area contributed by atoms with Gasteiger partial charge in [0.05, 0.1) is 31.4 Å². The maximum Gasteiger partial charge on any atom is 0.295 e. The van der Waals surface area contributed by atoms with Gasteiger partial charge in [-0.1, -0.05) is 47.7 Å². The summed E-state index contributed by atoms with van der Waals surface area (Å²) < 4.78 is 10.7. The number of H-pyrrole nitrogens is 1. The molecule has 1 N–H and O–H groups in total. The molecule has 1 saturated heterocycles. The van der Waals surface area contributed by atoms with E-state index >= 15 is 0 Å². The van der Waals surface area contributed by atoms with Crippen LogP contribution in [0.4, 0.5) is 0 Å². The zero-order valence-corrected chi connectivity index (χ0v) is 19.9. The number of Topliss-reactive ketones (excluding diaryl/α,β-unsaturated/α-hetero) is 1. The van der Waals surface area contributed by atoms with Crippen molar-refractivity contribution in [3.8, 4) is 23.5 Å². The third kappa shape index (κ3) is 4.52. The van der Waals surface area contributed by atoms with Gasteiger partial charge in [-0.05, 0) is 31.2 Å². The average molecular weight is 470 g/mol. The first-order valence-corrected chi connectivity index (χ1v) is 11.8. The Bertz CT molecular complexity index is 1360. The molecule has 3 aromatic rings. The van der Waals surface area contributed by atoms with Crippen LogP contribution in [0, 0.1) is 17.8 Å². The number of hydrogen-bond donors (Lipinski definition) is 1. The first-order valence-electron chi connectivity index (χ1n) is 11.8. The Hall–Kier alpha value is -4.05. The summed E-state index contributed by atoms with van der Waals surface area (Å²) in [5.74, 6) is 6.96. The topological polar surface area (TPSA) is 84.5 Å².